The van der Waals surface area contributed by atoms with Crippen molar-refractivity contribution in [1.82, 2.24) is 9.80 Å². The number of likely N-dealkylation sites (tertiary alicyclic amines) is 2. The van der Waals surface area contributed by atoms with Crippen molar-refractivity contribution in [2.45, 2.75) is 50.9 Å². The minimum absolute atomic E-state index is 0.161. The van der Waals surface area contributed by atoms with Crippen LogP contribution in [0.15, 0.2) is 66.7 Å². The molecule has 6 rings (SSSR count). The minimum Gasteiger partial charge on any atom is -0.338 e. The molecule has 3 nitrogen and oxygen atoms in total. The number of halogens is 1. The van der Waals surface area contributed by atoms with Crippen LogP contribution in [0.3, 0.4) is 0 Å². The van der Waals surface area contributed by atoms with E-state index in [1.165, 1.54) is 31.2 Å². The second-order valence-corrected chi connectivity index (χ2v) is 10.5. The molecule has 0 aromatic heterocycles. The molecule has 1 saturated carbocycles. The van der Waals surface area contributed by atoms with E-state index in [2.05, 4.69) is 17.0 Å². The van der Waals surface area contributed by atoms with Crippen LogP contribution < -0.4 is 0 Å². The van der Waals surface area contributed by atoms with E-state index in [0.29, 0.717) is 11.8 Å². The van der Waals surface area contributed by atoms with Crippen LogP contribution >= 0.6 is 0 Å². The number of carbonyl (C=O) groups excluding carboxylic acids is 1. The fourth-order valence-electron chi connectivity index (χ4n) is 5.55. The van der Waals surface area contributed by atoms with Crippen LogP contribution in [0.2, 0.25) is 0 Å². The molecule has 1 amide bonds. The van der Waals surface area contributed by atoms with Gasteiger partial charge in [0.1, 0.15) is 5.82 Å². The summed E-state index contributed by atoms with van der Waals surface area (Å²) >= 11 is 0. The van der Waals surface area contributed by atoms with Gasteiger partial charge in [-0.2, -0.15) is 0 Å². The summed E-state index contributed by atoms with van der Waals surface area (Å²) in [6.07, 6.45) is 9.32. The molecule has 3 fully saturated rings. The monoisotopic (exact) mass is 472 g/mol. The average molecular weight is 473 g/mol. The van der Waals surface area contributed by atoms with E-state index in [-0.39, 0.29) is 11.7 Å². The van der Waals surface area contributed by atoms with E-state index in [9.17, 15) is 9.18 Å². The Labute approximate surface area is 208 Å². The summed E-state index contributed by atoms with van der Waals surface area (Å²) in [5, 5.41) is 2.16. The van der Waals surface area contributed by atoms with Crippen molar-refractivity contribution in [2.24, 2.45) is 5.92 Å². The number of piperidine rings is 1. The lowest BCUT2D eigenvalue weighted by Gasteiger charge is -2.33. The van der Waals surface area contributed by atoms with Crippen LogP contribution in [0.25, 0.3) is 10.8 Å². The normalized spacial score (nSPS) is 20.8. The zero-order chi connectivity index (χ0) is 24.0. The maximum Gasteiger partial charge on any atom is 0.254 e. The van der Waals surface area contributed by atoms with Crippen LogP contribution in [-0.4, -0.2) is 48.4 Å². The zero-order valence-electron chi connectivity index (χ0n) is 20.7. The maximum atomic E-state index is 13.2. The largest absolute Gasteiger partial charge is 0.338 e. The third-order valence-corrected chi connectivity index (χ3v) is 8.04. The number of fused-ring (bicyclic) bond motifs is 1. The Hall–Kier alpha value is -2.72. The summed E-state index contributed by atoms with van der Waals surface area (Å²) in [7, 11) is 0. The molecule has 0 radical (unpaired) electrons. The van der Waals surface area contributed by atoms with Gasteiger partial charge >= 0.3 is 0 Å². The number of hydrogen-bond acceptors (Lipinski definition) is 2. The minimum atomic E-state index is -0.162. The summed E-state index contributed by atoms with van der Waals surface area (Å²) < 4.78 is 13.2. The molecule has 3 aromatic rings. The molecule has 35 heavy (non-hydrogen) atoms. The SMILES string of the molecule is C1CCC1.O=C(c1cccc2ccccc12)N1CCC(CN2CCC(c3ccc(F)cc3)CC2)C1. The lowest BCUT2D eigenvalue weighted by Crippen LogP contribution is -2.37. The first kappa shape index (κ1) is 24.0. The Morgan fingerprint density at radius 3 is 2.20 bits per heavy atom. The van der Waals surface area contributed by atoms with Crippen molar-refractivity contribution >= 4 is 16.7 Å². The first-order valence-electron chi connectivity index (χ1n) is 13.4. The van der Waals surface area contributed by atoms with Crippen molar-refractivity contribution in [3.05, 3.63) is 83.7 Å². The highest BCUT2D eigenvalue weighted by atomic mass is 19.1. The highest BCUT2D eigenvalue weighted by Crippen LogP contribution is 2.30. The third kappa shape index (κ3) is 5.92. The van der Waals surface area contributed by atoms with Crippen LogP contribution in [0.4, 0.5) is 4.39 Å². The summed E-state index contributed by atoms with van der Waals surface area (Å²) in [6, 6.07) is 21.1. The standard InChI is InChI=1S/C27H29FN2O.C4H8/c28-24-10-8-21(9-11-24)22-13-15-29(16-14-22)18-20-12-17-30(19-20)27(31)26-7-3-5-23-4-1-2-6-25(23)26;1-2-4-3-1/h1-11,20,22H,12-19H2;1-4H2. The van der Waals surface area contributed by atoms with Gasteiger partial charge in [0.15, 0.2) is 0 Å². The first-order chi connectivity index (χ1) is 17.2. The molecule has 2 heterocycles. The summed E-state index contributed by atoms with van der Waals surface area (Å²) in [5.41, 5.74) is 2.08. The predicted molar refractivity (Wildman–Crippen MR) is 141 cm³/mol. The van der Waals surface area contributed by atoms with Gasteiger partial charge in [0, 0.05) is 25.2 Å². The van der Waals surface area contributed by atoms with Gasteiger partial charge in [-0.3, -0.25) is 4.79 Å². The molecule has 1 atom stereocenters. The van der Waals surface area contributed by atoms with Crippen molar-refractivity contribution in [2.75, 3.05) is 32.7 Å². The number of nitrogens with zero attached hydrogens (tertiary/aromatic N) is 2. The van der Waals surface area contributed by atoms with Gasteiger partial charge in [0.2, 0.25) is 0 Å². The van der Waals surface area contributed by atoms with Crippen LogP contribution in [0.5, 0.6) is 0 Å². The smallest absolute Gasteiger partial charge is 0.254 e. The Balaban J connectivity index is 0.000000577. The highest BCUT2D eigenvalue weighted by molar-refractivity contribution is 6.07. The molecular weight excluding hydrogens is 435 g/mol. The van der Waals surface area contributed by atoms with Gasteiger partial charge in [-0.1, -0.05) is 74.2 Å². The van der Waals surface area contributed by atoms with E-state index in [0.717, 1.165) is 68.3 Å². The van der Waals surface area contributed by atoms with Gasteiger partial charge in [-0.25, -0.2) is 4.39 Å². The molecule has 2 aliphatic heterocycles. The Morgan fingerprint density at radius 1 is 0.800 bits per heavy atom. The summed E-state index contributed by atoms with van der Waals surface area (Å²) in [4.78, 5) is 17.8. The van der Waals surface area contributed by atoms with E-state index in [1.807, 2.05) is 47.4 Å². The Morgan fingerprint density at radius 2 is 1.49 bits per heavy atom. The third-order valence-electron chi connectivity index (χ3n) is 8.04. The quantitative estimate of drug-likeness (QED) is 0.413. The number of carbonyl (C=O) groups is 1. The number of benzene rings is 3. The fraction of sp³-hybridized carbons (Fsp3) is 0.452. The van der Waals surface area contributed by atoms with Gasteiger partial charge in [0.05, 0.1) is 0 Å². The molecule has 1 aliphatic carbocycles. The van der Waals surface area contributed by atoms with Crippen molar-refractivity contribution in [1.29, 1.82) is 0 Å². The van der Waals surface area contributed by atoms with Crippen LogP contribution in [0, 0.1) is 11.7 Å². The molecule has 4 heteroatoms. The molecule has 184 valence electrons. The van der Waals surface area contributed by atoms with E-state index < -0.39 is 0 Å². The summed E-state index contributed by atoms with van der Waals surface area (Å²) in [6.45, 7) is 4.92. The van der Waals surface area contributed by atoms with E-state index >= 15 is 0 Å². The first-order valence-corrected chi connectivity index (χ1v) is 13.4. The number of hydrogen-bond donors (Lipinski definition) is 0. The molecule has 1 unspecified atom stereocenters. The Kier molecular flexibility index (Phi) is 7.78. The van der Waals surface area contributed by atoms with E-state index in [4.69, 9.17) is 0 Å². The molecule has 0 spiro atoms. The Bertz CT molecular complexity index is 1110. The number of rotatable bonds is 4. The van der Waals surface area contributed by atoms with Gasteiger partial charge in [0.25, 0.3) is 5.91 Å². The topological polar surface area (TPSA) is 23.6 Å². The second-order valence-electron chi connectivity index (χ2n) is 10.5. The van der Waals surface area contributed by atoms with E-state index in [1.54, 1.807) is 12.1 Å². The zero-order valence-corrected chi connectivity index (χ0v) is 20.7. The van der Waals surface area contributed by atoms with Crippen molar-refractivity contribution in [3.63, 3.8) is 0 Å². The number of amides is 1. The molecule has 3 aliphatic rings. The molecule has 0 bridgehead atoms. The lowest BCUT2D eigenvalue weighted by molar-refractivity contribution is 0.0784. The van der Waals surface area contributed by atoms with Gasteiger partial charge in [-0.05, 0) is 78.7 Å². The second kappa shape index (κ2) is 11.3. The highest BCUT2D eigenvalue weighted by Gasteiger charge is 2.30. The van der Waals surface area contributed by atoms with Crippen molar-refractivity contribution < 1.29 is 9.18 Å². The van der Waals surface area contributed by atoms with Crippen LogP contribution in [0.1, 0.15) is 66.8 Å². The molecule has 3 aromatic carbocycles. The van der Waals surface area contributed by atoms with Gasteiger partial charge in [-0.15, -0.1) is 0 Å². The molecule has 0 N–H and O–H groups in total. The predicted octanol–water partition coefficient (Wildman–Crippen LogP) is 6.88. The average Bonchev–Trinajstić information content (AvgIpc) is 3.32. The molecular formula is C31H37FN2O. The van der Waals surface area contributed by atoms with Gasteiger partial charge < -0.3 is 9.80 Å². The fourth-order valence-corrected chi connectivity index (χ4v) is 5.55. The lowest BCUT2D eigenvalue weighted by atomic mass is 9.89. The van der Waals surface area contributed by atoms with Crippen molar-refractivity contribution in [3.8, 4) is 0 Å². The summed E-state index contributed by atoms with van der Waals surface area (Å²) in [5.74, 6) is 1.07. The maximum absolute atomic E-state index is 13.2. The molecule has 2 saturated heterocycles. The van der Waals surface area contributed by atoms with Crippen LogP contribution in [-0.2, 0) is 0 Å².